The van der Waals surface area contributed by atoms with Crippen molar-refractivity contribution >= 4 is 5.96 Å². The molecule has 0 spiro atoms. The van der Waals surface area contributed by atoms with E-state index in [9.17, 15) is 0 Å². The summed E-state index contributed by atoms with van der Waals surface area (Å²) < 4.78 is 0. The molecule has 0 saturated carbocycles. The van der Waals surface area contributed by atoms with Gasteiger partial charge in [0.2, 0.25) is 0 Å². The van der Waals surface area contributed by atoms with E-state index < -0.39 is 0 Å². The highest BCUT2D eigenvalue weighted by Gasteiger charge is 2.08. The molecule has 1 heterocycles. The molecule has 2 N–H and O–H groups in total. The van der Waals surface area contributed by atoms with Crippen molar-refractivity contribution in [2.75, 3.05) is 7.05 Å². The van der Waals surface area contributed by atoms with Gasteiger partial charge in [0, 0.05) is 31.4 Å². The van der Waals surface area contributed by atoms with Crippen LogP contribution in [0.15, 0.2) is 53.7 Å². The van der Waals surface area contributed by atoms with Gasteiger partial charge in [0.25, 0.3) is 0 Å². The third-order valence-electron chi connectivity index (χ3n) is 3.94. The maximum absolute atomic E-state index is 4.40. The van der Waals surface area contributed by atoms with Crippen molar-refractivity contribution in [3.63, 3.8) is 0 Å². The van der Waals surface area contributed by atoms with Crippen molar-refractivity contribution in [2.45, 2.75) is 33.4 Å². The molecule has 0 saturated heterocycles. The Labute approximate surface area is 139 Å². The molecule has 1 unspecified atom stereocenters. The Kier molecular flexibility index (Phi) is 6.15. The molecule has 0 aliphatic carbocycles. The lowest BCUT2D eigenvalue weighted by Crippen LogP contribution is -2.43. The molecule has 0 bridgehead atoms. The number of hydrogen-bond acceptors (Lipinski definition) is 2. The van der Waals surface area contributed by atoms with Crippen LogP contribution in [0, 0.1) is 5.92 Å². The minimum Gasteiger partial charge on any atom is -0.354 e. The predicted octanol–water partition coefficient (Wildman–Crippen LogP) is 3.46. The highest BCUT2D eigenvalue weighted by atomic mass is 15.2. The summed E-state index contributed by atoms with van der Waals surface area (Å²) in [4.78, 5) is 8.69. The Morgan fingerprint density at radius 3 is 2.61 bits per heavy atom. The molecule has 1 atom stereocenters. The topological polar surface area (TPSA) is 49.3 Å². The quantitative estimate of drug-likeness (QED) is 0.657. The number of aliphatic imine (C=N–C) groups is 1. The van der Waals surface area contributed by atoms with Gasteiger partial charge in [-0.1, -0.05) is 38.1 Å². The molecule has 122 valence electrons. The third kappa shape index (κ3) is 5.09. The Balaban J connectivity index is 2.01. The van der Waals surface area contributed by atoms with Crippen LogP contribution in [-0.4, -0.2) is 24.0 Å². The van der Waals surface area contributed by atoms with Crippen LogP contribution in [-0.2, 0) is 6.54 Å². The summed E-state index contributed by atoms with van der Waals surface area (Å²) >= 11 is 0. The van der Waals surface area contributed by atoms with Crippen LogP contribution in [0.25, 0.3) is 11.3 Å². The van der Waals surface area contributed by atoms with E-state index in [1.165, 1.54) is 5.56 Å². The lowest BCUT2D eigenvalue weighted by atomic mass is 10.1. The van der Waals surface area contributed by atoms with Crippen molar-refractivity contribution in [2.24, 2.45) is 10.9 Å². The summed E-state index contributed by atoms with van der Waals surface area (Å²) in [5.41, 5.74) is 3.32. The zero-order valence-corrected chi connectivity index (χ0v) is 14.4. The summed E-state index contributed by atoms with van der Waals surface area (Å²) in [6.07, 6.45) is 1.82. The smallest absolute Gasteiger partial charge is 0.191 e. The maximum Gasteiger partial charge on any atom is 0.191 e. The van der Waals surface area contributed by atoms with E-state index in [4.69, 9.17) is 0 Å². The Morgan fingerprint density at radius 2 is 1.96 bits per heavy atom. The minimum atomic E-state index is 0.376. The van der Waals surface area contributed by atoms with Gasteiger partial charge in [0.1, 0.15) is 0 Å². The lowest BCUT2D eigenvalue weighted by Gasteiger charge is -2.20. The highest BCUT2D eigenvalue weighted by Crippen LogP contribution is 2.17. The molecule has 0 aliphatic heterocycles. The van der Waals surface area contributed by atoms with Gasteiger partial charge >= 0.3 is 0 Å². The monoisotopic (exact) mass is 310 g/mol. The fraction of sp³-hybridized carbons (Fsp3) is 0.368. The molecule has 4 nitrogen and oxygen atoms in total. The number of nitrogens with zero attached hydrogens (tertiary/aromatic N) is 2. The van der Waals surface area contributed by atoms with Crippen molar-refractivity contribution in [1.29, 1.82) is 0 Å². The maximum atomic E-state index is 4.40. The Bertz CT molecular complexity index is 635. The number of rotatable bonds is 5. The molecule has 1 aromatic carbocycles. The first-order chi connectivity index (χ1) is 11.1. The molecule has 0 amide bonds. The van der Waals surface area contributed by atoms with Gasteiger partial charge in [-0.2, -0.15) is 0 Å². The predicted molar refractivity (Wildman–Crippen MR) is 97.3 cm³/mol. The average molecular weight is 310 g/mol. The fourth-order valence-corrected chi connectivity index (χ4v) is 2.14. The molecule has 2 aromatic rings. The second-order valence-electron chi connectivity index (χ2n) is 6.02. The zero-order chi connectivity index (χ0) is 16.7. The van der Waals surface area contributed by atoms with Gasteiger partial charge in [-0.25, -0.2) is 0 Å². The van der Waals surface area contributed by atoms with Crippen molar-refractivity contribution < 1.29 is 0 Å². The van der Waals surface area contributed by atoms with Gasteiger partial charge < -0.3 is 10.6 Å². The second kappa shape index (κ2) is 8.32. The van der Waals surface area contributed by atoms with Crippen molar-refractivity contribution in [3.05, 3.63) is 54.2 Å². The van der Waals surface area contributed by atoms with Gasteiger partial charge in [0.15, 0.2) is 5.96 Å². The number of hydrogen-bond donors (Lipinski definition) is 2. The van der Waals surface area contributed by atoms with Gasteiger partial charge in [-0.15, -0.1) is 0 Å². The van der Waals surface area contributed by atoms with Crippen LogP contribution in [0.2, 0.25) is 0 Å². The normalized spacial score (nSPS) is 13.0. The van der Waals surface area contributed by atoms with E-state index in [1.807, 2.05) is 24.4 Å². The van der Waals surface area contributed by atoms with Crippen LogP contribution in [0.3, 0.4) is 0 Å². The number of guanidine groups is 1. The standard InChI is InChI=1S/C19H26N4/c1-14(2)15(3)23-19(20-4)22-13-16-8-7-9-17(12-16)18-10-5-6-11-21-18/h5-12,14-15H,13H2,1-4H3,(H2,20,22,23). The Hall–Kier alpha value is -2.36. The van der Waals surface area contributed by atoms with Crippen molar-refractivity contribution in [1.82, 2.24) is 15.6 Å². The van der Waals surface area contributed by atoms with Gasteiger partial charge in [0.05, 0.1) is 5.69 Å². The summed E-state index contributed by atoms with van der Waals surface area (Å²) in [6, 6.07) is 14.8. The van der Waals surface area contributed by atoms with Crippen LogP contribution in [0.1, 0.15) is 26.3 Å². The fourth-order valence-electron chi connectivity index (χ4n) is 2.14. The molecule has 0 aliphatic rings. The highest BCUT2D eigenvalue weighted by molar-refractivity contribution is 5.80. The number of aromatic nitrogens is 1. The largest absolute Gasteiger partial charge is 0.354 e. The number of benzene rings is 1. The third-order valence-corrected chi connectivity index (χ3v) is 3.94. The van der Waals surface area contributed by atoms with Crippen LogP contribution < -0.4 is 10.6 Å². The first kappa shape index (κ1) is 17.0. The first-order valence-electron chi connectivity index (χ1n) is 8.07. The Morgan fingerprint density at radius 1 is 1.13 bits per heavy atom. The summed E-state index contributed by atoms with van der Waals surface area (Å²) in [6.45, 7) is 7.28. The lowest BCUT2D eigenvalue weighted by molar-refractivity contribution is 0.481. The summed E-state index contributed by atoms with van der Waals surface area (Å²) in [5.74, 6) is 1.38. The van der Waals surface area contributed by atoms with E-state index in [1.54, 1.807) is 7.05 Å². The van der Waals surface area contributed by atoms with Gasteiger partial charge in [-0.05, 0) is 36.6 Å². The van der Waals surface area contributed by atoms with Crippen LogP contribution in [0.4, 0.5) is 0 Å². The molecule has 0 fully saturated rings. The number of pyridine rings is 1. The van der Waals surface area contributed by atoms with E-state index in [0.29, 0.717) is 12.0 Å². The van der Waals surface area contributed by atoms with E-state index in [-0.39, 0.29) is 0 Å². The molecule has 0 radical (unpaired) electrons. The molecular formula is C19H26N4. The first-order valence-corrected chi connectivity index (χ1v) is 8.07. The van der Waals surface area contributed by atoms with Crippen molar-refractivity contribution in [3.8, 4) is 11.3 Å². The van der Waals surface area contributed by atoms with E-state index >= 15 is 0 Å². The average Bonchev–Trinajstić information content (AvgIpc) is 2.59. The summed E-state index contributed by atoms with van der Waals surface area (Å²) in [5, 5.41) is 6.78. The minimum absolute atomic E-state index is 0.376. The molecule has 23 heavy (non-hydrogen) atoms. The van der Waals surface area contributed by atoms with E-state index in [2.05, 4.69) is 65.6 Å². The van der Waals surface area contributed by atoms with Gasteiger partial charge in [-0.3, -0.25) is 9.98 Å². The molecular weight excluding hydrogens is 284 g/mol. The van der Waals surface area contributed by atoms with E-state index in [0.717, 1.165) is 23.8 Å². The molecule has 1 aromatic heterocycles. The second-order valence-corrected chi connectivity index (χ2v) is 6.02. The number of nitrogens with one attached hydrogen (secondary N) is 2. The SMILES string of the molecule is CN=C(NCc1cccc(-c2ccccn2)c1)NC(C)C(C)C. The zero-order valence-electron chi connectivity index (χ0n) is 14.4. The summed E-state index contributed by atoms with van der Waals surface area (Å²) in [7, 11) is 1.80. The molecule has 2 rings (SSSR count). The molecule has 4 heteroatoms. The van der Waals surface area contributed by atoms with Crippen LogP contribution in [0.5, 0.6) is 0 Å². The van der Waals surface area contributed by atoms with Crippen LogP contribution >= 0.6 is 0 Å².